The van der Waals surface area contributed by atoms with Crippen LogP contribution in [0.15, 0.2) is 30.3 Å². The molecule has 0 aliphatic carbocycles. The number of hydrogen-bond acceptors (Lipinski definition) is 4. The van der Waals surface area contributed by atoms with Crippen LogP contribution in [0.4, 0.5) is 5.69 Å². The highest BCUT2D eigenvalue weighted by molar-refractivity contribution is 5.84. The first-order valence-electron chi connectivity index (χ1n) is 7.56. The molecule has 1 amide bonds. The van der Waals surface area contributed by atoms with Gasteiger partial charge in [0.1, 0.15) is 0 Å². The van der Waals surface area contributed by atoms with E-state index in [-0.39, 0.29) is 5.91 Å². The highest BCUT2D eigenvalue weighted by Gasteiger charge is 2.29. The minimum Gasteiger partial charge on any atom is -0.369 e. The van der Waals surface area contributed by atoms with Crippen molar-refractivity contribution in [2.45, 2.75) is 18.9 Å². The fraction of sp³-hybridized carbons (Fsp3) is 0.562. The van der Waals surface area contributed by atoms with E-state index < -0.39 is 5.54 Å². The van der Waals surface area contributed by atoms with Crippen LogP contribution in [0.3, 0.4) is 0 Å². The lowest BCUT2D eigenvalue weighted by Gasteiger charge is -2.37. The van der Waals surface area contributed by atoms with Crippen LogP contribution < -0.4 is 16.0 Å². The molecule has 1 aliphatic rings. The molecule has 0 saturated carbocycles. The first-order chi connectivity index (χ1) is 10.0. The predicted octanol–water partition coefficient (Wildman–Crippen LogP) is 0.662. The van der Waals surface area contributed by atoms with E-state index >= 15 is 0 Å². The van der Waals surface area contributed by atoms with Crippen molar-refractivity contribution >= 4 is 11.6 Å². The normalized spacial score (nSPS) is 19.2. The van der Waals surface area contributed by atoms with Gasteiger partial charge >= 0.3 is 0 Å². The van der Waals surface area contributed by atoms with Gasteiger partial charge in [-0.2, -0.15) is 0 Å². The zero-order valence-corrected chi connectivity index (χ0v) is 13.0. The number of primary amides is 1. The Morgan fingerprint density at radius 1 is 1.24 bits per heavy atom. The molecule has 0 spiro atoms. The molecule has 1 aromatic carbocycles. The van der Waals surface area contributed by atoms with Crippen LogP contribution in [0, 0.1) is 0 Å². The van der Waals surface area contributed by atoms with Gasteiger partial charge in [-0.3, -0.25) is 9.69 Å². The fourth-order valence-electron chi connectivity index (χ4n) is 2.62. The SMILES string of the molecule is CNC(C)(CCN1CCN(c2ccccc2)CC1)C(N)=O. The van der Waals surface area contributed by atoms with Crippen LogP contribution in [0.5, 0.6) is 0 Å². The van der Waals surface area contributed by atoms with Crippen molar-refractivity contribution in [3.8, 4) is 0 Å². The number of carbonyl (C=O) groups is 1. The number of hydrogen-bond donors (Lipinski definition) is 2. The summed E-state index contributed by atoms with van der Waals surface area (Å²) in [6, 6.07) is 10.5. The molecule has 2 rings (SSSR count). The Morgan fingerprint density at radius 2 is 1.86 bits per heavy atom. The van der Waals surface area contributed by atoms with Crippen molar-refractivity contribution in [1.29, 1.82) is 0 Å². The van der Waals surface area contributed by atoms with Crippen LogP contribution >= 0.6 is 0 Å². The van der Waals surface area contributed by atoms with Crippen molar-refractivity contribution < 1.29 is 4.79 Å². The minimum absolute atomic E-state index is 0.284. The van der Waals surface area contributed by atoms with Crippen molar-refractivity contribution in [2.75, 3.05) is 44.7 Å². The fourth-order valence-corrected chi connectivity index (χ4v) is 2.62. The highest BCUT2D eigenvalue weighted by atomic mass is 16.1. The van der Waals surface area contributed by atoms with Crippen LogP contribution in [0.1, 0.15) is 13.3 Å². The van der Waals surface area contributed by atoms with Crippen molar-refractivity contribution in [3.05, 3.63) is 30.3 Å². The van der Waals surface area contributed by atoms with Gasteiger partial charge in [-0.1, -0.05) is 18.2 Å². The van der Waals surface area contributed by atoms with E-state index in [2.05, 4.69) is 39.4 Å². The molecule has 21 heavy (non-hydrogen) atoms. The largest absolute Gasteiger partial charge is 0.369 e. The predicted molar refractivity (Wildman–Crippen MR) is 86.4 cm³/mol. The van der Waals surface area contributed by atoms with Crippen LogP contribution in [0.25, 0.3) is 0 Å². The average Bonchev–Trinajstić information content (AvgIpc) is 2.53. The maximum absolute atomic E-state index is 11.5. The average molecular weight is 290 g/mol. The van der Waals surface area contributed by atoms with E-state index in [0.29, 0.717) is 0 Å². The quantitative estimate of drug-likeness (QED) is 0.808. The maximum atomic E-state index is 11.5. The number of carbonyl (C=O) groups excluding carboxylic acids is 1. The number of piperazine rings is 1. The second kappa shape index (κ2) is 6.91. The van der Waals surface area contributed by atoms with Gasteiger partial charge in [0, 0.05) is 38.4 Å². The lowest BCUT2D eigenvalue weighted by molar-refractivity contribution is -0.124. The summed E-state index contributed by atoms with van der Waals surface area (Å²) >= 11 is 0. The van der Waals surface area contributed by atoms with E-state index in [1.165, 1.54) is 5.69 Å². The number of benzene rings is 1. The minimum atomic E-state index is -0.615. The number of amides is 1. The molecule has 1 fully saturated rings. The molecule has 1 saturated heterocycles. The van der Waals surface area contributed by atoms with Crippen LogP contribution in [0.2, 0.25) is 0 Å². The Kier molecular flexibility index (Phi) is 5.20. The number of likely N-dealkylation sites (N-methyl/N-ethyl adjacent to an activating group) is 1. The first-order valence-corrected chi connectivity index (χ1v) is 7.56. The summed E-state index contributed by atoms with van der Waals surface area (Å²) in [6.07, 6.45) is 0.740. The van der Waals surface area contributed by atoms with E-state index in [1.807, 2.05) is 13.0 Å². The summed E-state index contributed by atoms with van der Waals surface area (Å²) in [4.78, 5) is 16.3. The first kappa shape index (κ1) is 15.8. The molecule has 1 heterocycles. The zero-order valence-electron chi connectivity index (χ0n) is 13.0. The standard InChI is InChI=1S/C16H26N4O/c1-16(18-2,15(17)21)8-9-19-10-12-20(13-11-19)14-6-4-3-5-7-14/h3-7,18H,8-13H2,1-2H3,(H2,17,21). The maximum Gasteiger partial charge on any atom is 0.237 e. The molecule has 5 heteroatoms. The molecule has 3 N–H and O–H groups in total. The Balaban J connectivity index is 1.81. The molecule has 1 aliphatic heterocycles. The Bertz CT molecular complexity index is 457. The third-order valence-electron chi connectivity index (χ3n) is 4.52. The number of nitrogens with zero attached hydrogens (tertiary/aromatic N) is 2. The number of nitrogens with two attached hydrogens (primary N) is 1. The van der Waals surface area contributed by atoms with Crippen LogP contribution in [-0.2, 0) is 4.79 Å². The van der Waals surface area contributed by atoms with Crippen molar-refractivity contribution in [3.63, 3.8) is 0 Å². The second-order valence-electron chi connectivity index (χ2n) is 5.86. The van der Waals surface area contributed by atoms with E-state index in [0.717, 1.165) is 39.1 Å². The van der Waals surface area contributed by atoms with Gasteiger partial charge in [-0.25, -0.2) is 0 Å². The lowest BCUT2D eigenvalue weighted by Crippen LogP contribution is -2.54. The Labute approximate surface area is 127 Å². The molecule has 0 radical (unpaired) electrons. The number of rotatable bonds is 6. The van der Waals surface area contributed by atoms with Gasteiger partial charge in [0.05, 0.1) is 5.54 Å². The Hall–Kier alpha value is -1.59. The summed E-state index contributed by atoms with van der Waals surface area (Å²) < 4.78 is 0. The molecule has 1 unspecified atom stereocenters. The summed E-state index contributed by atoms with van der Waals surface area (Å²) in [5, 5.41) is 3.04. The Morgan fingerprint density at radius 3 is 2.38 bits per heavy atom. The third-order valence-corrected chi connectivity index (χ3v) is 4.52. The van der Waals surface area contributed by atoms with Gasteiger partial charge in [0.15, 0.2) is 0 Å². The van der Waals surface area contributed by atoms with E-state index in [9.17, 15) is 4.79 Å². The molecule has 0 aromatic heterocycles. The van der Waals surface area contributed by atoms with Gasteiger partial charge < -0.3 is 16.0 Å². The van der Waals surface area contributed by atoms with Gasteiger partial charge in [0.2, 0.25) is 5.91 Å². The second-order valence-corrected chi connectivity index (χ2v) is 5.86. The summed E-state index contributed by atoms with van der Waals surface area (Å²) in [5.41, 5.74) is 6.14. The van der Waals surface area contributed by atoms with Crippen LogP contribution in [-0.4, -0.2) is 56.1 Å². The summed E-state index contributed by atoms with van der Waals surface area (Å²) in [5.74, 6) is -0.284. The van der Waals surface area contributed by atoms with Crippen molar-refractivity contribution in [2.24, 2.45) is 5.73 Å². The number of anilines is 1. The smallest absolute Gasteiger partial charge is 0.237 e. The monoisotopic (exact) mass is 290 g/mol. The topological polar surface area (TPSA) is 61.6 Å². The van der Waals surface area contributed by atoms with Gasteiger partial charge in [-0.05, 0) is 32.5 Å². The molecule has 1 atom stereocenters. The lowest BCUT2D eigenvalue weighted by atomic mass is 9.97. The number of para-hydroxylation sites is 1. The molecule has 116 valence electrons. The van der Waals surface area contributed by atoms with Gasteiger partial charge in [0.25, 0.3) is 0 Å². The van der Waals surface area contributed by atoms with Gasteiger partial charge in [-0.15, -0.1) is 0 Å². The highest BCUT2D eigenvalue weighted by Crippen LogP contribution is 2.16. The molecular formula is C16H26N4O. The summed E-state index contributed by atoms with van der Waals surface area (Å²) in [7, 11) is 1.79. The zero-order chi connectivity index (χ0) is 15.3. The van der Waals surface area contributed by atoms with Crippen molar-refractivity contribution in [1.82, 2.24) is 10.2 Å². The third kappa shape index (κ3) is 3.95. The van der Waals surface area contributed by atoms with E-state index in [1.54, 1.807) is 7.05 Å². The number of nitrogens with one attached hydrogen (secondary N) is 1. The molecule has 1 aromatic rings. The molecule has 5 nitrogen and oxygen atoms in total. The van der Waals surface area contributed by atoms with E-state index in [4.69, 9.17) is 5.73 Å². The summed E-state index contributed by atoms with van der Waals surface area (Å²) in [6.45, 7) is 6.85. The molecule has 0 bridgehead atoms. The molecular weight excluding hydrogens is 264 g/mol.